The van der Waals surface area contributed by atoms with Gasteiger partial charge in [-0.15, -0.1) is 0 Å². The molecule has 0 amide bonds. The van der Waals surface area contributed by atoms with Crippen molar-refractivity contribution in [2.45, 2.75) is 5.79 Å². The van der Waals surface area contributed by atoms with Crippen LogP contribution in [-0.2, 0) is 0 Å². The molecule has 0 aromatic heterocycles. The second kappa shape index (κ2) is 14.6. The zero-order valence-corrected chi connectivity index (χ0v) is 23.6. The van der Waals surface area contributed by atoms with E-state index in [0.29, 0.717) is 0 Å². The molecule has 0 bridgehead atoms. The summed E-state index contributed by atoms with van der Waals surface area (Å²) in [5.74, 6) is 2.08. The average molecular weight is 533 g/mol. The van der Waals surface area contributed by atoms with Crippen molar-refractivity contribution in [3.63, 3.8) is 0 Å². The molecular formula is C37H29AlO2. The zero-order chi connectivity index (χ0) is 28.2. The molecule has 0 atom stereocenters. The second-order valence-corrected chi connectivity index (χ2v) is 8.83. The first-order valence-corrected chi connectivity index (χ1v) is 14.3. The minimum atomic E-state index is 0.0832. The minimum absolute atomic E-state index is 0.0832. The number of hydrogen-bond acceptors (Lipinski definition) is 2. The predicted octanol–water partition coefficient (Wildman–Crippen LogP) is 8.39. The molecule has 0 fully saturated rings. The van der Waals surface area contributed by atoms with E-state index >= 15 is 0 Å². The third-order valence-electron chi connectivity index (χ3n) is 6.37. The number of hydrogen-bond donors (Lipinski definition) is 0. The van der Waals surface area contributed by atoms with Crippen LogP contribution in [0.3, 0.4) is 0 Å². The maximum absolute atomic E-state index is 12.6. The topological polar surface area (TPSA) is 46.1 Å². The Balaban J connectivity index is 0.000000174. The summed E-state index contributed by atoms with van der Waals surface area (Å²) in [6, 6.07) is 50.5. The van der Waals surface area contributed by atoms with E-state index in [1.54, 1.807) is 0 Å². The quantitative estimate of drug-likeness (QED) is 0.214. The summed E-state index contributed by atoms with van der Waals surface area (Å²) in [6.45, 7) is 0. The van der Waals surface area contributed by atoms with Gasteiger partial charge >= 0.3 is 22.1 Å². The average Bonchev–Trinajstić information content (AvgIpc) is 3.04. The largest absolute Gasteiger partial charge is 0.872 e. The first-order valence-electron chi connectivity index (χ1n) is 13.1. The molecular weight excluding hydrogens is 503 g/mol. The van der Waals surface area contributed by atoms with Crippen molar-refractivity contribution in [2.75, 3.05) is 0 Å². The van der Waals surface area contributed by atoms with Gasteiger partial charge in [0.15, 0.2) is 0 Å². The van der Waals surface area contributed by atoms with Gasteiger partial charge in [0.05, 0.1) is 0 Å². The molecule has 0 N–H and O–H groups in total. The Labute approximate surface area is 245 Å². The van der Waals surface area contributed by atoms with Gasteiger partial charge in [0.25, 0.3) is 0 Å². The number of benzene rings is 6. The van der Waals surface area contributed by atoms with Crippen LogP contribution in [0.2, 0.25) is 5.79 Å². The van der Waals surface area contributed by atoms with Crippen molar-refractivity contribution < 1.29 is 10.2 Å². The molecule has 6 aromatic carbocycles. The fourth-order valence-electron chi connectivity index (χ4n) is 4.45. The van der Waals surface area contributed by atoms with Gasteiger partial charge in [-0.05, 0) is 44.5 Å². The maximum Gasteiger partial charge on any atom is -0.0190 e. The van der Waals surface area contributed by atoms with Crippen LogP contribution in [0, 0.1) is 0 Å². The van der Waals surface area contributed by atoms with Gasteiger partial charge in [0.1, 0.15) is 0 Å². The van der Waals surface area contributed by atoms with Crippen LogP contribution in [-0.4, -0.2) is 16.3 Å². The monoisotopic (exact) mass is 532 g/mol. The molecule has 40 heavy (non-hydrogen) atoms. The molecule has 0 saturated carbocycles. The summed E-state index contributed by atoms with van der Waals surface area (Å²) in [7, 11) is 0. The molecule has 0 radical (unpaired) electrons. The third-order valence-corrected chi connectivity index (χ3v) is 6.37. The first kappa shape index (κ1) is 28.5. The molecule has 0 aliphatic heterocycles. The Morgan fingerprint density at radius 2 is 0.500 bits per heavy atom. The Bertz CT molecular complexity index is 1360. The van der Waals surface area contributed by atoms with E-state index in [1.165, 1.54) is 0 Å². The van der Waals surface area contributed by atoms with Crippen molar-refractivity contribution in [3.8, 4) is 56.0 Å². The second-order valence-electron chi connectivity index (χ2n) is 8.83. The molecule has 6 rings (SSSR count). The maximum atomic E-state index is 12.6. The van der Waals surface area contributed by atoms with Crippen molar-refractivity contribution in [1.82, 2.24) is 0 Å². The summed E-state index contributed by atoms with van der Waals surface area (Å²) in [5.41, 5.74) is 6.86. The van der Waals surface area contributed by atoms with Gasteiger partial charge in [0.2, 0.25) is 0 Å². The van der Waals surface area contributed by atoms with Crippen molar-refractivity contribution in [2.24, 2.45) is 0 Å². The fourth-order valence-corrected chi connectivity index (χ4v) is 4.45. The van der Waals surface area contributed by atoms with E-state index in [0.717, 1.165) is 44.5 Å². The number of rotatable bonds is 4. The van der Waals surface area contributed by atoms with Crippen LogP contribution in [0.4, 0.5) is 0 Å². The van der Waals surface area contributed by atoms with Gasteiger partial charge < -0.3 is 10.2 Å². The summed E-state index contributed by atoms with van der Waals surface area (Å²) < 4.78 is 0. The third kappa shape index (κ3) is 6.90. The van der Waals surface area contributed by atoms with Gasteiger partial charge in [-0.2, -0.15) is 0 Å². The normalized spacial score (nSPS) is 9.97. The van der Waals surface area contributed by atoms with Crippen molar-refractivity contribution in [1.29, 1.82) is 0 Å². The van der Waals surface area contributed by atoms with Gasteiger partial charge in [0, 0.05) is 0 Å². The molecule has 0 spiro atoms. The molecule has 0 unspecified atom stereocenters. The van der Waals surface area contributed by atoms with Crippen LogP contribution in [0.1, 0.15) is 0 Å². The predicted molar refractivity (Wildman–Crippen MR) is 165 cm³/mol. The van der Waals surface area contributed by atoms with E-state index in [4.69, 9.17) is 0 Å². The smallest absolute Gasteiger partial charge is 0.0190 e. The van der Waals surface area contributed by atoms with Gasteiger partial charge in [-0.25, -0.2) is 0 Å². The van der Waals surface area contributed by atoms with Crippen LogP contribution in [0.15, 0.2) is 158 Å². The summed E-state index contributed by atoms with van der Waals surface area (Å²) in [6.07, 6.45) is 0. The van der Waals surface area contributed by atoms with E-state index < -0.39 is 0 Å². The van der Waals surface area contributed by atoms with Crippen LogP contribution in [0.5, 0.6) is 11.5 Å². The van der Waals surface area contributed by atoms with Crippen molar-refractivity contribution in [3.05, 3.63) is 158 Å². The van der Waals surface area contributed by atoms with E-state index in [1.807, 2.05) is 164 Å². The Hall–Kier alpha value is -4.55. The summed E-state index contributed by atoms with van der Waals surface area (Å²) >= 11 is 2.42. The summed E-state index contributed by atoms with van der Waals surface area (Å²) in [4.78, 5) is 0. The van der Waals surface area contributed by atoms with E-state index in [2.05, 4.69) is 16.3 Å². The van der Waals surface area contributed by atoms with Crippen LogP contribution < -0.4 is 10.2 Å². The molecule has 0 aliphatic rings. The molecule has 6 aromatic rings. The molecule has 3 heteroatoms. The zero-order valence-electron chi connectivity index (χ0n) is 22.4. The summed E-state index contributed by atoms with van der Waals surface area (Å²) in [5, 5.41) is 25.1. The minimum Gasteiger partial charge on any atom is -0.872 e. The fraction of sp³-hybridized carbons (Fsp3) is 0.0270. The molecule has 0 saturated heterocycles. The molecule has 0 aliphatic carbocycles. The van der Waals surface area contributed by atoms with Crippen LogP contribution >= 0.6 is 0 Å². The van der Waals surface area contributed by atoms with E-state index in [9.17, 15) is 10.2 Å². The molecule has 192 valence electrons. The SMILES string of the molecule is [CH3][Al+2].[O-]c1c(-c2ccccc2)cccc1-c1ccccc1.[O-]c1c(-c2ccccc2)cccc1-c1ccccc1. The molecule has 2 nitrogen and oxygen atoms in total. The van der Waals surface area contributed by atoms with Crippen LogP contribution in [0.25, 0.3) is 44.5 Å². The Morgan fingerprint density at radius 1 is 0.300 bits per heavy atom. The van der Waals surface area contributed by atoms with E-state index in [-0.39, 0.29) is 11.5 Å². The standard InChI is InChI=1S/2C18H14O.CH3.Al/c2*19-18-16(14-8-3-1-4-9-14)12-7-13-17(18)15-10-5-2-6-11-15;;/h2*1-13,19H;1H3;/q;;;+2/p-2. The van der Waals surface area contributed by atoms with Gasteiger partial charge in [-0.3, -0.25) is 0 Å². The first-order chi connectivity index (χ1) is 19.7. The van der Waals surface area contributed by atoms with Crippen molar-refractivity contribution >= 4 is 16.3 Å². The number of para-hydroxylation sites is 2. The Morgan fingerprint density at radius 3 is 0.700 bits per heavy atom. The molecule has 0 heterocycles. The van der Waals surface area contributed by atoms with Gasteiger partial charge in [-0.1, -0.05) is 169 Å². The Kier molecular flexibility index (Phi) is 10.4.